The van der Waals surface area contributed by atoms with E-state index in [1.807, 2.05) is 0 Å². The van der Waals surface area contributed by atoms with E-state index in [4.69, 9.17) is 10.5 Å². The summed E-state index contributed by atoms with van der Waals surface area (Å²) in [4.78, 5) is 12.6. The zero-order valence-electron chi connectivity index (χ0n) is 16.4. The van der Waals surface area contributed by atoms with E-state index < -0.39 is 21.7 Å². The van der Waals surface area contributed by atoms with Crippen molar-refractivity contribution in [2.45, 2.75) is 71.3 Å². The van der Waals surface area contributed by atoms with Crippen LogP contribution < -0.4 is 5.73 Å². The maximum atomic E-state index is 12.6. The van der Waals surface area contributed by atoms with Crippen molar-refractivity contribution >= 4 is 16.1 Å². The Labute approximate surface area is 157 Å². The molecular formula is C19H34N2O4S. The summed E-state index contributed by atoms with van der Waals surface area (Å²) in [7, 11) is -3.74. The summed E-state index contributed by atoms with van der Waals surface area (Å²) in [6, 6.07) is 0. The predicted molar refractivity (Wildman–Crippen MR) is 101 cm³/mol. The topological polar surface area (TPSA) is 89.7 Å². The number of nitrogens with two attached hydrogens (primary N) is 1. The zero-order chi connectivity index (χ0) is 19.2. The van der Waals surface area contributed by atoms with Gasteiger partial charge in [0.1, 0.15) is 5.60 Å². The van der Waals surface area contributed by atoms with Crippen LogP contribution in [0.5, 0.6) is 0 Å². The van der Waals surface area contributed by atoms with Crippen LogP contribution in [0.2, 0.25) is 0 Å². The van der Waals surface area contributed by atoms with Crippen molar-refractivity contribution in [1.29, 1.82) is 0 Å². The minimum Gasteiger partial charge on any atom is -0.443 e. The van der Waals surface area contributed by atoms with Gasteiger partial charge >= 0.3 is 6.09 Å². The highest BCUT2D eigenvalue weighted by atomic mass is 32.2. The first-order valence-corrected chi connectivity index (χ1v) is 11.6. The van der Waals surface area contributed by atoms with Crippen LogP contribution in [0.4, 0.5) is 4.79 Å². The maximum Gasteiger partial charge on any atom is 0.424 e. The van der Waals surface area contributed by atoms with Crippen molar-refractivity contribution in [2.24, 2.45) is 28.9 Å². The van der Waals surface area contributed by atoms with E-state index in [-0.39, 0.29) is 24.3 Å². The van der Waals surface area contributed by atoms with Crippen molar-refractivity contribution in [3.05, 3.63) is 0 Å². The maximum absolute atomic E-state index is 12.6. The molecule has 0 unspecified atom stereocenters. The fourth-order valence-electron chi connectivity index (χ4n) is 5.85. The summed E-state index contributed by atoms with van der Waals surface area (Å²) in [5, 5.41) is 0. The van der Waals surface area contributed by atoms with Gasteiger partial charge in [-0.1, -0.05) is 0 Å². The summed E-state index contributed by atoms with van der Waals surface area (Å²) in [6.45, 7) is 5.45. The van der Waals surface area contributed by atoms with Gasteiger partial charge < -0.3 is 10.5 Å². The molecule has 7 heteroatoms. The van der Waals surface area contributed by atoms with Crippen LogP contribution in [-0.2, 0) is 14.8 Å². The van der Waals surface area contributed by atoms with E-state index in [2.05, 4.69) is 0 Å². The van der Waals surface area contributed by atoms with Crippen LogP contribution in [0.3, 0.4) is 0 Å². The van der Waals surface area contributed by atoms with E-state index in [0.29, 0.717) is 0 Å². The molecule has 4 aliphatic carbocycles. The molecule has 4 bridgehead atoms. The molecule has 0 spiro atoms. The lowest BCUT2D eigenvalue weighted by Crippen LogP contribution is -2.49. The molecule has 0 aromatic carbocycles. The van der Waals surface area contributed by atoms with E-state index in [9.17, 15) is 13.2 Å². The van der Waals surface area contributed by atoms with Gasteiger partial charge in [0.15, 0.2) is 0 Å². The van der Waals surface area contributed by atoms with Crippen molar-refractivity contribution in [2.75, 3.05) is 18.8 Å². The predicted octanol–water partition coefficient (Wildman–Crippen LogP) is 3.12. The number of nitrogens with zero attached hydrogens (tertiary/aromatic N) is 1. The van der Waals surface area contributed by atoms with Gasteiger partial charge in [-0.3, -0.25) is 0 Å². The molecule has 0 aromatic rings. The molecule has 150 valence electrons. The molecule has 6 nitrogen and oxygen atoms in total. The summed E-state index contributed by atoms with van der Waals surface area (Å²) in [5.41, 5.74) is 4.95. The average Bonchev–Trinajstić information content (AvgIpc) is 2.43. The lowest BCUT2D eigenvalue weighted by atomic mass is 9.49. The normalized spacial score (nSPS) is 33.3. The van der Waals surface area contributed by atoms with Crippen LogP contribution in [0.1, 0.15) is 65.7 Å². The lowest BCUT2D eigenvalue weighted by molar-refractivity contribution is -0.0590. The fraction of sp³-hybridized carbons (Fsp3) is 0.947. The SMILES string of the molecule is CC(C)(C)OC(=O)N(CCC12CC3CC(CC(C3)C1)C2)S(=O)(=O)CCN. The van der Waals surface area contributed by atoms with Gasteiger partial charge in [0, 0.05) is 13.1 Å². The molecule has 4 saturated carbocycles. The molecule has 0 saturated heterocycles. The summed E-state index contributed by atoms with van der Waals surface area (Å²) in [5.74, 6) is 2.18. The molecule has 0 atom stereocenters. The molecule has 4 fully saturated rings. The second-order valence-corrected chi connectivity index (χ2v) is 11.8. The van der Waals surface area contributed by atoms with Gasteiger partial charge in [-0.2, -0.15) is 0 Å². The summed E-state index contributed by atoms with van der Waals surface area (Å²) >= 11 is 0. The van der Waals surface area contributed by atoms with E-state index in [0.717, 1.165) is 28.5 Å². The number of ether oxygens (including phenoxy) is 1. The van der Waals surface area contributed by atoms with Gasteiger partial charge in [0.05, 0.1) is 5.75 Å². The molecule has 26 heavy (non-hydrogen) atoms. The molecule has 2 N–H and O–H groups in total. The van der Waals surface area contributed by atoms with E-state index >= 15 is 0 Å². The Hall–Kier alpha value is -0.820. The second-order valence-electron chi connectivity index (χ2n) is 9.82. The highest BCUT2D eigenvalue weighted by Gasteiger charge is 2.51. The largest absolute Gasteiger partial charge is 0.443 e. The van der Waals surface area contributed by atoms with Crippen molar-refractivity contribution in [1.82, 2.24) is 4.31 Å². The molecule has 0 aromatic heterocycles. The molecule has 0 aliphatic heterocycles. The van der Waals surface area contributed by atoms with Crippen LogP contribution in [0, 0.1) is 23.2 Å². The number of hydrogen-bond acceptors (Lipinski definition) is 5. The van der Waals surface area contributed by atoms with Crippen LogP contribution in [0.25, 0.3) is 0 Å². The number of carbonyl (C=O) groups excluding carboxylic acids is 1. The van der Waals surface area contributed by atoms with Gasteiger partial charge in [-0.05, 0) is 88.9 Å². The minimum atomic E-state index is -3.74. The Kier molecular flexibility index (Phi) is 5.34. The third-order valence-electron chi connectivity index (χ3n) is 6.32. The van der Waals surface area contributed by atoms with Crippen molar-refractivity contribution in [3.8, 4) is 0 Å². The smallest absolute Gasteiger partial charge is 0.424 e. The Morgan fingerprint density at radius 1 is 1.12 bits per heavy atom. The van der Waals surface area contributed by atoms with Gasteiger partial charge in [-0.25, -0.2) is 17.5 Å². The highest BCUT2D eigenvalue weighted by Crippen LogP contribution is 2.61. The molecular weight excluding hydrogens is 352 g/mol. The number of rotatable bonds is 6. The highest BCUT2D eigenvalue weighted by molar-refractivity contribution is 7.89. The van der Waals surface area contributed by atoms with Crippen molar-refractivity contribution in [3.63, 3.8) is 0 Å². The van der Waals surface area contributed by atoms with E-state index in [1.54, 1.807) is 20.8 Å². The van der Waals surface area contributed by atoms with Gasteiger partial charge in [0.2, 0.25) is 10.0 Å². The fourth-order valence-corrected chi connectivity index (χ4v) is 7.00. The quantitative estimate of drug-likeness (QED) is 0.757. The first-order chi connectivity index (χ1) is 12.0. The molecule has 4 rings (SSSR count). The molecule has 1 amide bonds. The Morgan fingerprint density at radius 3 is 2.04 bits per heavy atom. The lowest BCUT2D eigenvalue weighted by Gasteiger charge is -2.57. The standard InChI is InChI=1S/C19H34N2O4S/c1-18(2,3)25-17(22)21(26(23,24)7-5-20)6-4-19-11-14-8-15(12-19)10-16(9-14)13-19/h14-16H,4-13,20H2,1-3H3. The Balaban J connectivity index is 1.73. The van der Waals surface area contributed by atoms with Gasteiger partial charge in [-0.15, -0.1) is 0 Å². The molecule has 4 aliphatic rings. The van der Waals surface area contributed by atoms with Crippen LogP contribution >= 0.6 is 0 Å². The van der Waals surface area contributed by atoms with Crippen LogP contribution in [0.15, 0.2) is 0 Å². The summed E-state index contributed by atoms with van der Waals surface area (Å²) in [6.07, 6.45) is 7.60. The van der Waals surface area contributed by atoms with Crippen molar-refractivity contribution < 1.29 is 17.9 Å². The zero-order valence-corrected chi connectivity index (χ0v) is 17.2. The Bertz CT molecular complexity index is 603. The third kappa shape index (κ3) is 4.35. The number of hydrogen-bond donors (Lipinski definition) is 1. The van der Waals surface area contributed by atoms with E-state index in [1.165, 1.54) is 38.5 Å². The number of amides is 1. The molecule has 0 heterocycles. The number of sulfonamides is 1. The number of carbonyl (C=O) groups is 1. The Morgan fingerprint density at radius 2 is 1.62 bits per heavy atom. The van der Waals surface area contributed by atoms with Gasteiger partial charge in [0.25, 0.3) is 0 Å². The second kappa shape index (κ2) is 6.97. The average molecular weight is 387 g/mol. The first-order valence-electron chi connectivity index (χ1n) is 9.95. The first kappa shape index (κ1) is 19.9. The molecule has 0 radical (unpaired) electrons. The third-order valence-corrected chi connectivity index (χ3v) is 8.07. The minimum absolute atomic E-state index is 0.000996. The summed E-state index contributed by atoms with van der Waals surface area (Å²) < 4.78 is 31.6. The monoisotopic (exact) mass is 386 g/mol. The van der Waals surface area contributed by atoms with Crippen LogP contribution in [-0.4, -0.2) is 43.3 Å².